The molecule has 25 heavy (non-hydrogen) atoms. The highest BCUT2D eigenvalue weighted by Crippen LogP contribution is 2.34. The van der Waals surface area contributed by atoms with E-state index < -0.39 is 6.04 Å². The first-order valence-electron chi connectivity index (χ1n) is 8.24. The third-order valence-corrected chi connectivity index (χ3v) is 4.47. The lowest BCUT2D eigenvalue weighted by Crippen LogP contribution is -2.41. The number of nitrogens with one attached hydrogen (secondary N) is 1. The number of hydrogen-bond acceptors (Lipinski definition) is 4. The molecule has 0 aromatic heterocycles. The summed E-state index contributed by atoms with van der Waals surface area (Å²) >= 11 is 0. The summed E-state index contributed by atoms with van der Waals surface area (Å²) in [6.07, 6.45) is 0.925. The average Bonchev–Trinajstić information content (AvgIpc) is 3.23. The molecule has 0 spiro atoms. The molecule has 2 amide bonds. The standard InChI is InChI=1S/C19H18N2O4/c22-18-9-7-15(21(18)11-13-4-2-1-3-5-13)19(23)20-14-6-8-16-17(10-14)25-12-24-16/h1-6,8,10,15H,7,9,11-12H2,(H,20,23). The van der Waals surface area contributed by atoms with Gasteiger partial charge in [-0.3, -0.25) is 9.59 Å². The van der Waals surface area contributed by atoms with Crippen molar-refractivity contribution < 1.29 is 19.1 Å². The molecule has 2 aliphatic rings. The van der Waals surface area contributed by atoms with Gasteiger partial charge in [0.2, 0.25) is 18.6 Å². The normalized spacial score (nSPS) is 18.5. The Bertz CT molecular complexity index is 806. The van der Waals surface area contributed by atoms with Gasteiger partial charge < -0.3 is 19.7 Å². The maximum absolute atomic E-state index is 12.7. The highest BCUT2D eigenvalue weighted by molar-refractivity contribution is 5.99. The first kappa shape index (κ1) is 15.5. The third-order valence-electron chi connectivity index (χ3n) is 4.47. The number of benzene rings is 2. The minimum Gasteiger partial charge on any atom is -0.454 e. The molecule has 2 aromatic rings. The molecule has 2 aliphatic heterocycles. The van der Waals surface area contributed by atoms with Crippen LogP contribution in [0.4, 0.5) is 5.69 Å². The molecule has 1 atom stereocenters. The molecule has 1 unspecified atom stereocenters. The van der Waals surface area contributed by atoms with Gasteiger partial charge in [-0.25, -0.2) is 0 Å². The average molecular weight is 338 g/mol. The molecule has 1 saturated heterocycles. The molecule has 0 saturated carbocycles. The molecular formula is C19H18N2O4. The van der Waals surface area contributed by atoms with Gasteiger partial charge in [-0.1, -0.05) is 30.3 Å². The van der Waals surface area contributed by atoms with Crippen molar-refractivity contribution >= 4 is 17.5 Å². The maximum atomic E-state index is 12.7. The van der Waals surface area contributed by atoms with Gasteiger partial charge in [-0.2, -0.15) is 0 Å². The SMILES string of the molecule is O=C(Nc1ccc2c(c1)OCO2)C1CCC(=O)N1Cc1ccccc1. The molecule has 6 heteroatoms. The lowest BCUT2D eigenvalue weighted by molar-refractivity contribution is -0.133. The second kappa shape index (κ2) is 6.47. The van der Waals surface area contributed by atoms with Crippen molar-refractivity contribution in [2.45, 2.75) is 25.4 Å². The molecule has 4 rings (SSSR count). The molecule has 1 N–H and O–H groups in total. The number of hydrogen-bond donors (Lipinski definition) is 1. The van der Waals surface area contributed by atoms with Crippen molar-refractivity contribution in [3.8, 4) is 11.5 Å². The molecule has 6 nitrogen and oxygen atoms in total. The van der Waals surface area contributed by atoms with Crippen LogP contribution in [-0.4, -0.2) is 29.5 Å². The number of rotatable bonds is 4. The molecule has 2 aromatic carbocycles. The number of nitrogens with zero attached hydrogens (tertiary/aromatic N) is 1. The van der Waals surface area contributed by atoms with Crippen molar-refractivity contribution in [3.05, 3.63) is 54.1 Å². The molecule has 0 bridgehead atoms. The Hall–Kier alpha value is -3.02. The van der Waals surface area contributed by atoms with Gasteiger partial charge in [-0.15, -0.1) is 0 Å². The maximum Gasteiger partial charge on any atom is 0.247 e. The fourth-order valence-electron chi connectivity index (χ4n) is 3.18. The van der Waals surface area contributed by atoms with Crippen LogP contribution in [0.5, 0.6) is 11.5 Å². The van der Waals surface area contributed by atoms with E-state index >= 15 is 0 Å². The predicted molar refractivity (Wildman–Crippen MR) is 91.2 cm³/mol. The minimum atomic E-state index is -0.460. The quantitative estimate of drug-likeness (QED) is 0.930. The minimum absolute atomic E-state index is 0.00897. The van der Waals surface area contributed by atoms with Gasteiger partial charge in [0.25, 0.3) is 0 Å². The van der Waals surface area contributed by atoms with Crippen molar-refractivity contribution in [2.24, 2.45) is 0 Å². The van der Waals surface area contributed by atoms with Gasteiger partial charge in [0.1, 0.15) is 6.04 Å². The number of carbonyl (C=O) groups excluding carboxylic acids is 2. The van der Waals surface area contributed by atoms with E-state index in [2.05, 4.69) is 5.32 Å². The van der Waals surface area contributed by atoms with E-state index in [1.165, 1.54) is 0 Å². The largest absolute Gasteiger partial charge is 0.454 e. The fourth-order valence-corrected chi connectivity index (χ4v) is 3.18. The summed E-state index contributed by atoms with van der Waals surface area (Å²) in [6.45, 7) is 0.633. The second-order valence-electron chi connectivity index (χ2n) is 6.12. The number of anilines is 1. The summed E-state index contributed by atoms with van der Waals surface area (Å²) in [5, 5.41) is 2.88. The Balaban J connectivity index is 1.47. The zero-order valence-corrected chi connectivity index (χ0v) is 13.6. The molecular weight excluding hydrogens is 320 g/mol. The van der Waals surface area contributed by atoms with Crippen LogP contribution in [0.25, 0.3) is 0 Å². The van der Waals surface area contributed by atoms with Crippen LogP contribution in [0.15, 0.2) is 48.5 Å². The van der Waals surface area contributed by atoms with Crippen LogP contribution < -0.4 is 14.8 Å². The van der Waals surface area contributed by atoms with Gasteiger partial charge >= 0.3 is 0 Å². The van der Waals surface area contributed by atoms with E-state index in [0.29, 0.717) is 36.6 Å². The molecule has 0 aliphatic carbocycles. The lowest BCUT2D eigenvalue weighted by atomic mass is 10.1. The van der Waals surface area contributed by atoms with E-state index in [1.54, 1.807) is 23.1 Å². The van der Waals surface area contributed by atoms with E-state index in [4.69, 9.17) is 9.47 Å². The number of fused-ring (bicyclic) bond motifs is 1. The van der Waals surface area contributed by atoms with E-state index in [0.717, 1.165) is 5.56 Å². The van der Waals surface area contributed by atoms with Gasteiger partial charge in [0, 0.05) is 24.7 Å². The smallest absolute Gasteiger partial charge is 0.247 e. The van der Waals surface area contributed by atoms with Gasteiger partial charge in [0.05, 0.1) is 0 Å². The Morgan fingerprint density at radius 3 is 2.76 bits per heavy atom. The highest BCUT2D eigenvalue weighted by atomic mass is 16.7. The fraction of sp³-hybridized carbons (Fsp3) is 0.263. The van der Waals surface area contributed by atoms with Crippen LogP contribution in [0.1, 0.15) is 18.4 Å². The van der Waals surface area contributed by atoms with Crippen LogP contribution in [0.2, 0.25) is 0 Å². The van der Waals surface area contributed by atoms with Crippen LogP contribution in [0.3, 0.4) is 0 Å². The van der Waals surface area contributed by atoms with Crippen molar-refractivity contribution in [1.29, 1.82) is 0 Å². The number of amides is 2. The van der Waals surface area contributed by atoms with E-state index in [-0.39, 0.29) is 18.6 Å². The van der Waals surface area contributed by atoms with E-state index in [1.807, 2.05) is 30.3 Å². The number of ether oxygens (including phenoxy) is 2. The van der Waals surface area contributed by atoms with Gasteiger partial charge in [-0.05, 0) is 24.1 Å². The van der Waals surface area contributed by atoms with Crippen LogP contribution in [-0.2, 0) is 16.1 Å². The zero-order valence-electron chi connectivity index (χ0n) is 13.6. The third kappa shape index (κ3) is 3.15. The molecule has 128 valence electrons. The van der Waals surface area contributed by atoms with Crippen molar-refractivity contribution in [3.63, 3.8) is 0 Å². The summed E-state index contributed by atoms with van der Waals surface area (Å²) in [5.41, 5.74) is 1.65. The monoisotopic (exact) mass is 338 g/mol. The first-order valence-corrected chi connectivity index (χ1v) is 8.24. The first-order chi connectivity index (χ1) is 12.2. The Morgan fingerprint density at radius 1 is 1.12 bits per heavy atom. The van der Waals surface area contributed by atoms with Crippen molar-refractivity contribution in [2.75, 3.05) is 12.1 Å². The highest BCUT2D eigenvalue weighted by Gasteiger charge is 2.36. The lowest BCUT2D eigenvalue weighted by Gasteiger charge is -2.24. The second-order valence-corrected chi connectivity index (χ2v) is 6.12. The van der Waals surface area contributed by atoms with Crippen LogP contribution in [0, 0.1) is 0 Å². The van der Waals surface area contributed by atoms with E-state index in [9.17, 15) is 9.59 Å². The summed E-state index contributed by atoms with van der Waals surface area (Å²) in [6, 6.07) is 14.5. The number of carbonyl (C=O) groups is 2. The Kier molecular flexibility index (Phi) is 4.01. The summed E-state index contributed by atoms with van der Waals surface area (Å²) in [5.74, 6) is 1.11. The van der Waals surface area contributed by atoms with Crippen LogP contribution >= 0.6 is 0 Å². The summed E-state index contributed by atoms with van der Waals surface area (Å²) in [7, 11) is 0. The Morgan fingerprint density at radius 2 is 1.92 bits per heavy atom. The van der Waals surface area contributed by atoms with Crippen molar-refractivity contribution in [1.82, 2.24) is 4.90 Å². The summed E-state index contributed by atoms with van der Waals surface area (Å²) in [4.78, 5) is 26.5. The summed E-state index contributed by atoms with van der Waals surface area (Å²) < 4.78 is 10.6. The molecule has 0 radical (unpaired) electrons. The molecule has 2 heterocycles. The van der Waals surface area contributed by atoms with Gasteiger partial charge in [0.15, 0.2) is 11.5 Å². The zero-order chi connectivity index (χ0) is 17.2. The molecule has 1 fully saturated rings. The topological polar surface area (TPSA) is 67.9 Å². The Labute approximate surface area is 145 Å². The predicted octanol–water partition coefficient (Wildman–Crippen LogP) is 2.55. The number of likely N-dealkylation sites (tertiary alicyclic amines) is 1.